The monoisotopic (exact) mass is 331 g/mol. The van der Waals surface area contributed by atoms with E-state index in [1.54, 1.807) is 11.8 Å². The number of para-hydroxylation sites is 1. The molecule has 4 rings (SSSR count). The van der Waals surface area contributed by atoms with Crippen LogP contribution in [0.5, 0.6) is 5.75 Å². The molecule has 0 fully saturated rings. The lowest BCUT2D eigenvalue weighted by Gasteiger charge is -2.14. The number of fused-ring (bicyclic) bond motifs is 1. The van der Waals surface area contributed by atoms with Gasteiger partial charge in [0.25, 0.3) is 0 Å². The number of ketones is 1. The van der Waals surface area contributed by atoms with E-state index >= 15 is 0 Å². The van der Waals surface area contributed by atoms with Crippen LogP contribution in [0.4, 0.5) is 5.82 Å². The zero-order valence-corrected chi connectivity index (χ0v) is 14.1. The largest absolute Gasteiger partial charge is 0.497 e. The number of ether oxygens (including phenoxy) is 1. The topological polar surface area (TPSA) is 56.5 Å². The molecule has 0 saturated carbocycles. The van der Waals surface area contributed by atoms with Crippen LogP contribution in [0, 0.1) is 6.92 Å². The SMILES string of the molecule is COc1ccc(C2=Nc3c(c(C)nn3-c3ccccc3)CC2=O)cc1. The Morgan fingerprint density at radius 2 is 1.76 bits per heavy atom. The Hall–Kier alpha value is -3.21. The first-order valence-corrected chi connectivity index (χ1v) is 8.07. The molecule has 3 aromatic rings. The van der Waals surface area contributed by atoms with Gasteiger partial charge >= 0.3 is 0 Å². The fraction of sp³-hybridized carbons (Fsp3) is 0.150. The van der Waals surface area contributed by atoms with E-state index in [-0.39, 0.29) is 5.78 Å². The van der Waals surface area contributed by atoms with E-state index in [1.165, 1.54) is 0 Å². The highest BCUT2D eigenvalue weighted by molar-refractivity contribution is 6.47. The molecule has 0 atom stereocenters. The summed E-state index contributed by atoms with van der Waals surface area (Å²) < 4.78 is 6.99. The molecule has 1 aliphatic rings. The van der Waals surface area contributed by atoms with Crippen molar-refractivity contribution in [1.82, 2.24) is 9.78 Å². The van der Waals surface area contributed by atoms with Gasteiger partial charge in [-0.05, 0) is 43.3 Å². The molecule has 5 nitrogen and oxygen atoms in total. The number of carbonyl (C=O) groups excluding carboxylic acids is 1. The van der Waals surface area contributed by atoms with Gasteiger partial charge in [0.2, 0.25) is 0 Å². The predicted molar refractivity (Wildman–Crippen MR) is 96.2 cm³/mol. The fourth-order valence-electron chi connectivity index (χ4n) is 3.01. The maximum atomic E-state index is 12.6. The highest BCUT2D eigenvalue weighted by atomic mass is 16.5. The molecule has 2 heterocycles. The van der Waals surface area contributed by atoms with Gasteiger partial charge < -0.3 is 4.74 Å². The molecule has 2 aromatic carbocycles. The normalized spacial score (nSPS) is 13.4. The number of hydrogen-bond acceptors (Lipinski definition) is 4. The summed E-state index contributed by atoms with van der Waals surface area (Å²) in [4.78, 5) is 17.3. The number of nitrogens with zero attached hydrogens (tertiary/aromatic N) is 3. The van der Waals surface area contributed by atoms with Gasteiger partial charge in [0, 0.05) is 17.5 Å². The van der Waals surface area contributed by atoms with Crippen molar-refractivity contribution in [3.05, 3.63) is 71.4 Å². The van der Waals surface area contributed by atoms with Crippen LogP contribution in [0.2, 0.25) is 0 Å². The van der Waals surface area contributed by atoms with Gasteiger partial charge in [-0.15, -0.1) is 0 Å². The third kappa shape index (κ3) is 2.63. The van der Waals surface area contributed by atoms with Gasteiger partial charge in [-0.2, -0.15) is 5.10 Å². The Kier molecular flexibility index (Phi) is 3.69. The zero-order valence-electron chi connectivity index (χ0n) is 14.1. The summed E-state index contributed by atoms with van der Waals surface area (Å²) in [6, 6.07) is 17.2. The van der Waals surface area contributed by atoms with Gasteiger partial charge in [-0.1, -0.05) is 18.2 Å². The number of aryl methyl sites for hydroxylation is 1. The maximum Gasteiger partial charge on any atom is 0.186 e. The van der Waals surface area contributed by atoms with E-state index in [2.05, 4.69) is 10.1 Å². The van der Waals surface area contributed by atoms with Gasteiger partial charge in [0.15, 0.2) is 11.6 Å². The molecule has 0 amide bonds. The van der Waals surface area contributed by atoms with Gasteiger partial charge in [-0.25, -0.2) is 9.67 Å². The van der Waals surface area contributed by atoms with Crippen LogP contribution < -0.4 is 4.74 Å². The lowest BCUT2D eigenvalue weighted by molar-refractivity contribution is -0.112. The summed E-state index contributed by atoms with van der Waals surface area (Å²) in [7, 11) is 1.62. The summed E-state index contributed by atoms with van der Waals surface area (Å²) in [6.07, 6.45) is 0.318. The molecule has 0 N–H and O–H groups in total. The lowest BCUT2D eigenvalue weighted by atomic mass is 9.97. The molecule has 124 valence electrons. The summed E-state index contributed by atoms with van der Waals surface area (Å²) in [6.45, 7) is 1.92. The van der Waals surface area contributed by atoms with Crippen molar-refractivity contribution in [3.8, 4) is 11.4 Å². The minimum Gasteiger partial charge on any atom is -0.497 e. The highest BCUT2D eigenvalue weighted by Gasteiger charge is 2.27. The first kappa shape index (κ1) is 15.3. The van der Waals surface area contributed by atoms with E-state index < -0.39 is 0 Å². The third-order valence-electron chi connectivity index (χ3n) is 4.34. The van der Waals surface area contributed by atoms with E-state index in [0.29, 0.717) is 12.1 Å². The summed E-state index contributed by atoms with van der Waals surface area (Å²) in [5, 5.41) is 4.59. The Balaban J connectivity index is 1.85. The summed E-state index contributed by atoms with van der Waals surface area (Å²) in [5.41, 5.74) is 3.91. The van der Waals surface area contributed by atoms with E-state index in [9.17, 15) is 4.79 Å². The van der Waals surface area contributed by atoms with Crippen molar-refractivity contribution in [2.75, 3.05) is 7.11 Å². The number of methoxy groups -OCH3 is 1. The fourth-order valence-corrected chi connectivity index (χ4v) is 3.01. The Morgan fingerprint density at radius 3 is 2.44 bits per heavy atom. The highest BCUT2D eigenvalue weighted by Crippen LogP contribution is 2.31. The molecular weight excluding hydrogens is 314 g/mol. The second-order valence-electron chi connectivity index (χ2n) is 5.92. The van der Waals surface area contributed by atoms with Crippen LogP contribution in [0.15, 0.2) is 59.6 Å². The Bertz CT molecular complexity index is 970. The summed E-state index contributed by atoms with van der Waals surface area (Å²) >= 11 is 0. The van der Waals surface area contributed by atoms with Gasteiger partial charge in [0.1, 0.15) is 11.5 Å². The standard InChI is InChI=1S/C20H17N3O2/c1-13-17-12-18(24)19(14-8-10-16(25-2)11-9-14)21-20(17)23(22-13)15-6-4-3-5-7-15/h3-11H,12H2,1-2H3. The maximum absolute atomic E-state index is 12.6. The Labute approximate surface area is 145 Å². The number of aromatic nitrogens is 2. The minimum atomic E-state index is 0.00776. The van der Waals surface area contributed by atoms with Crippen molar-refractivity contribution in [2.45, 2.75) is 13.3 Å². The number of rotatable bonds is 3. The third-order valence-corrected chi connectivity index (χ3v) is 4.34. The molecule has 0 spiro atoms. The number of carbonyl (C=O) groups is 1. The molecule has 0 saturated heterocycles. The number of Topliss-reactive ketones (excluding diaryl/α,β-unsaturated/α-hetero) is 1. The number of hydrogen-bond donors (Lipinski definition) is 0. The van der Waals surface area contributed by atoms with Gasteiger partial charge in [-0.3, -0.25) is 4.79 Å². The number of benzene rings is 2. The van der Waals surface area contributed by atoms with E-state index in [1.807, 2.05) is 61.5 Å². The predicted octanol–water partition coefficient (Wildman–Crippen LogP) is 3.44. The Morgan fingerprint density at radius 1 is 1.04 bits per heavy atom. The minimum absolute atomic E-state index is 0.00776. The number of aliphatic imine (C=N–C) groups is 1. The van der Waals surface area contributed by atoms with Crippen molar-refractivity contribution in [2.24, 2.45) is 4.99 Å². The molecule has 0 aliphatic carbocycles. The smallest absolute Gasteiger partial charge is 0.186 e. The van der Waals surface area contributed by atoms with Crippen molar-refractivity contribution in [1.29, 1.82) is 0 Å². The average Bonchev–Trinajstić information content (AvgIpc) is 2.98. The second kappa shape index (κ2) is 6.02. The van der Waals surface area contributed by atoms with Gasteiger partial charge in [0.05, 0.1) is 18.5 Å². The first-order chi connectivity index (χ1) is 12.2. The van der Waals surface area contributed by atoms with Crippen molar-refractivity contribution < 1.29 is 9.53 Å². The molecule has 25 heavy (non-hydrogen) atoms. The second-order valence-corrected chi connectivity index (χ2v) is 5.92. The average molecular weight is 331 g/mol. The van der Waals surface area contributed by atoms with Crippen LogP contribution in [0.25, 0.3) is 5.69 Å². The van der Waals surface area contributed by atoms with E-state index in [4.69, 9.17) is 4.74 Å². The van der Waals surface area contributed by atoms with Crippen molar-refractivity contribution >= 4 is 17.3 Å². The van der Waals surface area contributed by atoms with Crippen LogP contribution in [-0.4, -0.2) is 28.4 Å². The van der Waals surface area contributed by atoms with E-state index in [0.717, 1.165) is 34.1 Å². The molecule has 0 bridgehead atoms. The summed E-state index contributed by atoms with van der Waals surface area (Å²) in [5.74, 6) is 1.49. The van der Waals surface area contributed by atoms with Crippen LogP contribution >= 0.6 is 0 Å². The van der Waals surface area contributed by atoms with Crippen LogP contribution in [-0.2, 0) is 11.2 Å². The molecule has 1 aromatic heterocycles. The molecule has 0 radical (unpaired) electrons. The van der Waals surface area contributed by atoms with Crippen LogP contribution in [0.3, 0.4) is 0 Å². The van der Waals surface area contributed by atoms with Crippen LogP contribution in [0.1, 0.15) is 16.8 Å². The molecule has 1 aliphatic heterocycles. The quantitative estimate of drug-likeness (QED) is 0.739. The lowest BCUT2D eigenvalue weighted by Crippen LogP contribution is -2.21. The first-order valence-electron chi connectivity index (χ1n) is 8.07. The van der Waals surface area contributed by atoms with Crippen molar-refractivity contribution in [3.63, 3.8) is 0 Å². The molecular formula is C20H17N3O2. The molecule has 0 unspecified atom stereocenters. The zero-order chi connectivity index (χ0) is 17.4. The molecule has 5 heteroatoms.